The first-order chi connectivity index (χ1) is 14.0. The minimum atomic E-state index is -2.59. The molecule has 0 aliphatic carbocycles. The highest BCUT2D eigenvalue weighted by Gasteiger charge is 2.22. The molecule has 9 heteroatoms. The van der Waals surface area contributed by atoms with Crippen molar-refractivity contribution in [2.24, 2.45) is 0 Å². The lowest BCUT2D eigenvalue weighted by atomic mass is 10.1. The van der Waals surface area contributed by atoms with Crippen LogP contribution in [0.5, 0.6) is 0 Å². The molecule has 0 aromatic carbocycles. The molecule has 0 radical (unpaired) electrons. The molecule has 0 N–H and O–H groups in total. The molecule has 1 saturated heterocycles. The average Bonchev–Trinajstić information content (AvgIpc) is 3.30. The van der Waals surface area contributed by atoms with Gasteiger partial charge in [-0.1, -0.05) is 13.3 Å². The summed E-state index contributed by atoms with van der Waals surface area (Å²) in [6, 6.07) is 1.45. The van der Waals surface area contributed by atoms with Crippen molar-refractivity contribution in [1.82, 2.24) is 29.5 Å². The van der Waals surface area contributed by atoms with E-state index in [4.69, 9.17) is 4.98 Å². The van der Waals surface area contributed by atoms with E-state index in [0.29, 0.717) is 4.83 Å². The average molecular weight is 417 g/mol. The number of nitrogens with zero attached hydrogens (tertiary/aromatic N) is 6. The Morgan fingerprint density at radius 3 is 2.72 bits per heavy atom. The molecule has 0 amide bonds. The molecule has 29 heavy (non-hydrogen) atoms. The van der Waals surface area contributed by atoms with Gasteiger partial charge in [0.05, 0.1) is 5.52 Å². The molecule has 1 atom stereocenters. The predicted molar refractivity (Wildman–Crippen MR) is 110 cm³/mol. The van der Waals surface area contributed by atoms with E-state index in [9.17, 15) is 8.78 Å². The lowest BCUT2D eigenvalue weighted by Gasteiger charge is -2.28. The summed E-state index contributed by atoms with van der Waals surface area (Å²) in [4.78, 5) is 16.6. The van der Waals surface area contributed by atoms with Crippen LogP contribution >= 0.6 is 11.3 Å². The summed E-state index contributed by atoms with van der Waals surface area (Å²) >= 11 is 1.36. The summed E-state index contributed by atoms with van der Waals surface area (Å²) in [6.45, 7) is 7.19. The van der Waals surface area contributed by atoms with E-state index in [1.54, 1.807) is 10.8 Å². The van der Waals surface area contributed by atoms with Crippen LogP contribution in [0, 0.1) is 6.92 Å². The number of pyridine rings is 1. The maximum atomic E-state index is 13.2. The van der Waals surface area contributed by atoms with Crippen molar-refractivity contribution >= 4 is 37.4 Å². The van der Waals surface area contributed by atoms with E-state index in [1.807, 2.05) is 6.92 Å². The van der Waals surface area contributed by atoms with Gasteiger partial charge in [-0.3, -0.25) is 0 Å². The molecule has 4 aromatic rings. The van der Waals surface area contributed by atoms with E-state index in [0.717, 1.165) is 52.3 Å². The van der Waals surface area contributed by atoms with Gasteiger partial charge in [-0.05, 0) is 44.5 Å². The molecular weight excluding hydrogens is 394 g/mol. The molecule has 152 valence electrons. The maximum Gasteiger partial charge on any atom is 0.280 e. The summed E-state index contributed by atoms with van der Waals surface area (Å²) in [5.41, 5.74) is 2.03. The van der Waals surface area contributed by atoms with Crippen molar-refractivity contribution in [1.29, 1.82) is 0 Å². The number of fused-ring (bicyclic) bond motifs is 5. The molecule has 1 aliphatic heterocycles. The van der Waals surface area contributed by atoms with E-state index in [2.05, 4.69) is 26.9 Å². The molecule has 0 saturated carbocycles. The zero-order valence-electron chi connectivity index (χ0n) is 16.4. The van der Waals surface area contributed by atoms with Crippen LogP contribution in [0.25, 0.3) is 26.1 Å². The summed E-state index contributed by atoms with van der Waals surface area (Å²) in [5, 5.41) is 5.47. The Bertz CT molecular complexity index is 1190. The van der Waals surface area contributed by atoms with Gasteiger partial charge in [-0.15, -0.1) is 16.4 Å². The number of alkyl halides is 2. The second kappa shape index (κ2) is 7.21. The summed E-state index contributed by atoms with van der Waals surface area (Å²) in [7, 11) is 0. The summed E-state index contributed by atoms with van der Waals surface area (Å²) in [5.74, 6) is 1.00. The summed E-state index contributed by atoms with van der Waals surface area (Å²) in [6.07, 6.45) is 2.89. The first-order valence-corrected chi connectivity index (χ1v) is 10.8. The van der Waals surface area contributed by atoms with E-state index in [1.165, 1.54) is 36.7 Å². The number of likely N-dealkylation sites (tertiary alicyclic amines) is 1. The fourth-order valence-electron chi connectivity index (χ4n) is 4.18. The van der Waals surface area contributed by atoms with Gasteiger partial charge in [0.15, 0.2) is 11.5 Å². The number of rotatable bonds is 4. The van der Waals surface area contributed by atoms with Crippen molar-refractivity contribution in [2.75, 3.05) is 19.6 Å². The van der Waals surface area contributed by atoms with Gasteiger partial charge in [0.2, 0.25) is 0 Å². The van der Waals surface area contributed by atoms with Gasteiger partial charge in [0, 0.05) is 17.8 Å². The fourth-order valence-corrected chi connectivity index (χ4v) is 5.37. The van der Waals surface area contributed by atoms with Crippen LogP contribution in [-0.4, -0.2) is 49.1 Å². The molecule has 4 aromatic heterocycles. The Kier molecular flexibility index (Phi) is 4.66. The van der Waals surface area contributed by atoms with E-state index in [-0.39, 0.29) is 11.6 Å². The molecule has 0 spiro atoms. The highest BCUT2D eigenvalue weighted by Crippen LogP contribution is 2.37. The zero-order chi connectivity index (χ0) is 20.1. The van der Waals surface area contributed by atoms with Crippen LogP contribution in [-0.2, 0) is 0 Å². The number of piperidine rings is 1. The van der Waals surface area contributed by atoms with E-state index < -0.39 is 6.43 Å². The highest BCUT2D eigenvalue weighted by molar-refractivity contribution is 7.26. The van der Waals surface area contributed by atoms with Gasteiger partial charge in [0.1, 0.15) is 21.6 Å². The number of hydrogen-bond acceptors (Lipinski definition) is 6. The third kappa shape index (κ3) is 3.26. The van der Waals surface area contributed by atoms with Gasteiger partial charge in [-0.25, -0.2) is 28.2 Å². The van der Waals surface area contributed by atoms with Crippen molar-refractivity contribution in [3.05, 3.63) is 29.5 Å². The van der Waals surface area contributed by atoms with Crippen LogP contribution in [0.1, 0.15) is 55.6 Å². The number of aromatic nitrogens is 5. The first kappa shape index (κ1) is 18.7. The Hall–Kier alpha value is -2.26. The van der Waals surface area contributed by atoms with Crippen LogP contribution in [0.4, 0.5) is 8.78 Å². The Morgan fingerprint density at radius 2 is 1.97 bits per heavy atom. The topological polar surface area (TPSA) is 59.2 Å². The molecule has 1 unspecified atom stereocenters. The normalized spacial score (nSPS) is 17.1. The lowest BCUT2D eigenvalue weighted by molar-refractivity contribution is 0.146. The third-order valence-electron chi connectivity index (χ3n) is 5.65. The van der Waals surface area contributed by atoms with Gasteiger partial charge < -0.3 is 4.90 Å². The molecule has 1 fully saturated rings. The monoisotopic (exact) mass is 416 g/mol. The van der Waals surface area contributed by atoms with Gasteiger partial charge in [-0.2, -0.15) is 0 Å². The Morgan fingerprint density at radius 1 is 1.17 bits per heavy atom. The van der Waals surface area contributed by atoms with Gasteiger partial charge in [0.25, 0.3) is 6.43 Å². The minimum absolute atomic E-state index is 0.199. The lowest BCUT2D eigenvalue weighted by Crippen LogP contribution is -2.33. The van der Waals surface area contributed by atoms with Crippen LogP contribution in [0.2, 0.25) is 0 Å². The number of hydrogen-bond donors (Lipinski definition) is 0. The van der Waals surface area contributed by atoms with E-state index >= 15 is 0 Å². The van der Waals surface area contributed by atoms with Crippen molar-refractivity contribution in [3.63, 3.8) is 0 Å². The molecule has 5 heterocycles. The predicted octanol–water partition coefficient (Wildman–Crippen LogP) is 4.72. The quantitative estimate of drug-likeness (QED) is 0.482. The SMILES string of the molecule is Cc1cc(C(F)F)nc2sc3c(ncn4nc(C(C)CN5CCCCC5)nc34)c12. The maximum absolute atomic E-state index is 13.2. The Balaban J connectivity index is 1.58. The Labute approximate surface area is 170 Å². The standard InChI is InChI=1S/C20H22F2N6S/c1-11-8-13(17(21)22)24-20-14(11)15-16(29-20)19-25-18(26-28(19)10-23-15)12(2)9-27-6-4-3-5-7-27/h8,10,12,17H,3-7,9H2,1-2H3. The van der Waals surface area contributed by atoms with Crippen LogP contribution in [0.15, 0.2) is 12.4 Å². The van der Waals surface area contributed by atoms with Crippen molar-refractivity contribution in [3.8, 4) is 0 Å². The molecular formula is C20H22F2N6S. The number of halogens is 2. The fraction of sp³-hybridized carbons (Fsp3) is 0.500. The van der Waals surface area contributed by atoms with Gasteiger partial charge >= 0.3 is 0 Å². The van der Waals surface area contributed by atoms with Crippen LogP contribution < -0.4 is 0 Å². The zero-order valence-corrected chi connectivity index (χ0v) is 17.2. The third-order valence-corrected chi connectivity index (χ3v) is 6.71. The second-order valence-electron chi connectivity index (χ2n) is 7.87. The second-order valence-corrected chi connectivity index (χ2v) is 8.87. The molecule has 6 nitrogen and oxygen atoms in total. The van der Waals surface area contributed by atoms with Crippen molar-refractivity contribution < 1.29 is 8.78 Å². The molecule has 5 rings (SSSR count). The number of thiophene rings is 1. The molecule has 0 bridgehead atoms. The van der Waals surface area contributed by atoms with Crippen LogP contribution in [0.3, 0.4) is 0 Å². The summed E-state index contributed by atoms with van der Waals surface area (Å²) < 4.78 is 28.9. The minimum Gasteiger partial charge on any atom is -0.303 e. The number of aryl methyl sites for hydroxylation is 1. The smallest absolute Gasteiger partial charge is 0.280 e. The first-order valence-electron chi connectivity index (χ1n) is 9.97. The largest absolute Gasteiger partial charge is 0.303 e. The molecule has 1 aliphatic rings. The highest BCUT2D eigenvalue weighted by atomic mass is 32.1. The van der Waals surface area contributed by atoms with Crippen molar-refractivity contribution in [2.45, 2.75) is 45.5 Å².